The van der Waals surface area contributed by atoms with Gasteiger partial charge in [0, 0.05) is 12.4 Å². The number of benzene rings is 1. The fourth-order valence-electron chi connectivity index (χ4n) is 2.05. The molecule has 0 aliphatic rings. The van der Waals surface area contributed by atoms with Crippen molar-refractivity contribution in [2.75, 3.05) is 6.54 Å². The van der Waals surface area contributed by atoms with Crippen molar-refractivity contribution in [3.05, 3.63) is 66.0 Å². The molecule has 1 aromatic heterocycles. The maximum Gasteiger partial charge on any atom is 0.0577 e. The van der Waals surface area contributed by atoms with Crippen molar-refractivity contribution in [1.29, 1.82) is 0 Å². The van der Waals surface area contributed by atoms with Gasteiger partial charge in [-0.2, -0.15) is 0 Å². The average molecular weight is 240 g/mol. The van der Waals surface area contributed by atoms with Crippen LogP contribution in [0.3, 0.4) is 0 Å². The van der Waals surface area contributed by atoms with Crippen LogP contribution in [0.15, 0.2) is 54.9 Å². The van der Waals surface area contributed by atoms with Gasteiger partial charge in [-0.05, 0) is 36.2 Å². The Balaban J connectivity index is 2.18. The van der Waals surface area contributed by atoms with Crippen molar-refractivity contribution in [3.8, 4) is 0 Å². The highest BCUT2D eigenvalue weighted by Gasteiger charge is 2.12. The second-order valence-electron chi connectivity index (χ2n) is 4.43. The third-order valence-electron chi connectivity index (χ3n) is 3.05. The van der Waals surface area contributed by atoms with Gasteiger partial charge in [0.25, 0.3) is 0 Å². The molecule has 18 heavy (non-hydrogen) atoms. The van der Waals surface area contributed by atoms with Crippen molar-refractivity contribution in [1.82, 2.24) is 10.3 Å². The normalized spacial score (nSPS) is 12.3. The lowest BCUT2D eigenvalue weighted by molar-refractivity contribution is 0.578. The Morgan fingerprint density at radius 1 is 1.00 bits per heavy atom. The number of rotatable bonds is 6. The van der Waals surface area contributed by atoms with Gasteiger partial charge in [-0.15, -0.1) is 0 Å². The van der Waals surface area contributed by atoms with Crippen LogP contribution in [0.2, 0.25) is 0 Å². The van der Waals surface area contributed by atoms with Crippen molar-refractivity contribution in [2.24, 2.45) is 0 Å². The molecule has 2 nitrogen and oxygen atoms in total. The second-order valence-corrected chi connectivity index (χ2v) is 4.43. The number of aromatic nitrogens is 1. The molecule has 0 aliphatic heterocycles. The summed E-state index contributed by atoms with van der Waals surface area (Å²) in [6.45, 7) is 3.25. The minimum atomic E-state index is 0.265. The summed E-state index contributed by atoms with van der Waals surface area (Å²) in [7, 11) is 0. The summed E-state index contributed by atoms with van der Waals surface area (Å²) < 4.78 is 0. The minimum Gasteiger partial charge on any atom is -0.306 e. The third-order valence-corrected chi connectivity index (χ3v) is 3.05. The molecular weight excluding hydrogens is 220 g/mol. The molecule has 0 unspecified atom stereocenters. The van der Waals surface area contributed by atoms with Crippen LogP contribution in [0.1, 0.15) is 36.9 Å². The van der Waals surface area contributed by atoms with Gasteiger partial charge in [0.1, 0.15) is 0 Å². The van der Waals surface area contributed by atoms with E-state index in [9.17, 15) is 0 Å². The monoisotopic (exact) mass is 240 g/mol. The zero-order chi connectivity index (χ0) is 12.6. The molecule has 0 spiro atoms. The van der Waals surface area contributed by atoms with E-state index in [1.54, 1.807) is 0 Å². The summed E-state index contributed by atoms with van der Waals surface area (Å²) in [6.07, 6.45) is 6.12. The maximum atomic E-state index is 4.09. The second kappa shape index (κ2) is 6.92. The lowest BCUT2D eigenvalue weighted by Crippen LogP contribution is -2.23. The quantitative estimate of drug-likeness (QED) is 0.781. The number of nitrogens with zero attached hydrogens (tertiary/aromatic N) is 1. The highest BCUT2D eigenvalue weighted by atomic mass is 14.9. The summed E-state index contributed by atoms with van der Waals surface area (Å²) in [5, 5.41) is 3.63. The first-order chi connectivity index (χ1) is 8.92. The molecule has 0 saturated carbocycles. The van der Waals surface area contributed by atoms with Crippen molar-refractivity contribution < 1.29 is 0 Å². The Kier molecular flexibility index (Phi) is 4.91. The largest absolute Gasteiger partial charge is 0.306 e. The summed E-state index contributed by atoms with van der Waals surface area (Å²) in [4.78, 5) is 4.09. The van der Waals surface area contributed by atoms with Crippen LogP contribution < -0.4 is 5.32 Å². The Morgan fingerprint density at radius 3 is 2.33 bits per heavy atom. The van der Waals surface area contributed by atoms with Crippen LogP contribution in [0.4, 0.5) is 0 Å². The first-order valence-corrected chi connectivity index (χ1v) is 6.60. The lowest BCUT2D eigenvalue weighted by Gasteiger charge is -2.19. The van der Waals surface area contributed by atoms with Crippen LogP contribution in [0.5, 0.6) is 0 Å². The Bertz CT molecular complexity index is 400. The molecule has 2 aromatic rings. The van der Waals surface area contributed by atoms with Gasteiger partial charge in [0.05, 0.1) is 6.04 Å². The van der Waals surface area contributed by atoms with Crippen LogP contribution in [-0.4, -0.2) is 11.5 Å². The van der Waals surface area contributed by atoms with E-state index in [-0.39, 0.29) is 6.04 Å². The van der Waals surface area contributed by atoms with Gasteiger partial charge >= 0.3 is 0 Å². The summed E-state index contributed by atoms with van der Waals surface area (Å²) >= 11 is 0. The molecule has 2 rings (SSSR count). The molecule has 0 radical (unpaired) electrons. The fraction of sp³-hybridized carbons (Fsp3) is 0.312. The number of unbranched alkanes of at least 4 members (excludes halogenated alkanes) is 1. The first kappa shape index (κ1) is 12.8. The molecule has 1 aromatic carbocycles. The predicted octanol–water partition coefficient (Wildman–Crippen LogP) is 3.56. The summed E-state index contributed by atoms with van der Waals surface area (Å²) in [5.41, 5.74) is 2.58. The predicted molar refractivity (Wildman–Crippen MR) is 75.4 cm³/mol. The number of hydrogen-bond acceptors (Lipinski definition) is 2. The zero-order valence-electron chi connectivity index (χ0n) is 10.8. The van der Waals surface area contributed by atoms with Gasteiger partial charge in [-0.3, -0.25) is 4.98 Å². The van der Waals surface area contributed by atoms with E-state index < -0.39 is 0 Å². The average Bonchev–Trinajstić information content (AvgIpc) is 2.46. The number of hydrogen-bond donors (Lipinski definition) is 1. The van der Waals surface area contributed by atoms with E-state index in [1.807, 2.05) is 12.4 Å². The van der Waals surface area contributed by atoms with Crippen molar-refractivity contribution >= 4 is 0 Å². The molecule has 1 atom stereocenters. The van der Waals surface area contributed by atoms with E-state index in [0.717, 1.165) is 6.54 Å². The highest BCUT2D eigenvalue weighted by molar-refractivity contribution is 5.30. The zero-order valence-corrected chi connectivity index (χ0v) is 10.8. The van der Waals surface area contributed by atoms with Crippen LogP contribution in [0.25, 0.3) is 0 Å². The molecule has 0 aliphatic carbocycles. The standard InChI is InChI=1S/C16H20N2/c1-2-3-11-18-16(14-7-5-4-6-8-14)15-9-12-17-13-10-15/h4-10,12-13,16,18H,2-3,11H2,1H3/t16-/m1/s1. The van der Waals surface area contributed by atoms with Gasteiger partial charge in [-0.25, -0.2) is 0 Å². The first-order valence-electron chi connectivity index (χ1n) is 6.60. The molecule has 0 fully saturated rings. The molecule has 0 amide bonds. The van der Waals surface area contributed by atoms with E-state index in [4.69, 9.17) is 0 Å². The Hall–Kier alpha value is -1.67. The van der Waals surface area contributed by atoms with Crippen molar-refractivity contribution in [3.63, 3.8) is 0 Å². The molecule has 1 heterocycles. The van der Waals surface area contributed by atoms with Gasteiger partial charge in [-0.1, -0.05) is 43.7 Å². The minimum absolute atomic E-state index is 0.265. The maximum absolute atomic E-state index is 4.09. The summed E-state index contributed by atoms with van der Waals surface area (Å²) in [6, 6.07) is 15.0. The Morgan fingerprint density at radius 2 is 1.67 bits per heavy atom. The Labute approximate surface area is 109 Å². The van der Waals surface area contributed by atoms with Crippen LogP contribution in [0, 0.1) is 0 Å². The number of pyridine rings is 1. The molecule has 0 bridgehead atoms. The summed E-state index contributed by atoms with van der Waals surface area (Å²) in [5.74, 6) is 0. The van der Waals surface area contributed by atoms with Crippen LogP contribution >= 0.6 is 0 Å². The van der Waals surface area contributed by atoms with Gasteiger partial charge in [0.2, 0.25) is 0 Å². The van der Waals surface area contributed by atoms with E-state index in [0.29, 0.717) is 0 Å². The van der Waals surface area contributed by atoms with Gasteiger partial charge in [0.15, 0.2) is 0 Å². The highest BCUT2D eigenvalue weighted by Crippen LogP contribution is 2.21. The third kappa shape index (κ3) is 3.41. The van der Waals surface area contributed by atoms with E-state index in [1.165, 1.54) is 24.0 Å². The number of nitrogens with one attached hydrogen (secondary N) is 1. The molecule has 2 heteroatoms. The molecule has 1 N–H and O–H groups in total. The molecular formula is C16H20N2. The van der Waals surface area contributed by atoms with E-state index >= 15 is 0 Å². The SMILES string of the molecule is CCCCN[C@H](c1ccccc1)c1ccncc1. The molecule has 94 valence electrons. The fourth-order valence-corrected chi connectivity index (χ4v) is 2.05. The van der Waals surface area contributed by atoms with Crippen molar-refractivity contribution in [2.45, 2.75) is 25.8 Å². The lowest BCUT2D eigenvalue weighted by atomic mass is 9.99. The van der Waals surface area contributed by atoms with Gasteiger partial charge < -0.3 is 5.32 Å². The molecule has 0 saturated heterocycles. The van der Waals surface area contributed by atoms with E-state index in [2.05, 4.69) is 59.7 Å². The smallest absolute Gasteiger partial charge is 0.0577 e. The van der Waals surface area contributed by atoms with Crippen LogP contribution in [-0.2, 0) is 0 Å². The topological polar surface area (TPSA) is 24.9 Å².